The fourth-order valence-electron chi connectivity index (χ4n) is 3.38. The molecule has 0 aliphatic carbocycles. The number of anilines is 1. The van der Waals surface area contributed by atoms with Crippen LogP contribution in [0.1, 0.15) is 67.5 Å². The van der Waals surface area contributed by atoms with Crippen LogP contribution in [0.25, 0.3) is 11.2 Å². The van der Waals surface area contributed by atoms with Crippen molar-refractivity contribution in [3.05, 3.63) is 16.7 Å². The van der Waals surface area contributed by atoms with Gasteiger partial charge in [-0.3, -0.25) is 28.5 Å². The summed E-state index contributed by atoms with van der Waals surface area (Å²) in [5.41, 5.74) is 2.95. The van der Waals surface area contributed by atoms with Gasteiger partial charge in [-0.2, -0.15) is 4.98 Å². The van der Waals surface area contributed by atoms with Crippen LogP contribution in [0.4, 0.5) is 5.95 Å². The van der Waals surface area contributed by atoms with Crippen LogP contribution in [0.2, 0.25) is 0 Å². The number of ether oxygens (including phenoxy) is 3. The number of H-pyrrole nitrogens is 1. The molecule has 2 aromatic heterocycles. The van der Waals surface area contributed by atoms with Gasteiger partial charge in [-0.15, -0.1) is 0 Å². The maximum atomic E-state index is 13.4. The lowest BCUT2D eigenvalue weighted by Gasteiger charge is -2.27. The number of carbonyl (C=O) groups is 2. The van der Waals surface area contributed by atoms with Gasteiger partial charge in [0.15, 0.2) is 11.2 Å². The maximum absolute atomic E-state index is 13.4. The summed E-state index contributed by atoms with van der Waals surface area (Å²) in [7, 11) is -4.39. The van der Waals surface area contributed by atoms with Crippen molar-refractivity contribution in [1.29, 1.82) is 0 Å². The minimum atomic E-state index is -4.39. The molecule has 0 saturated carbocycles. The molecule has 2 atom stereocenters. The predicted molar refractivity (Wildman–Crippen MR) is 137 cm³/mol. The lowest BCUT2D eigenvalue weighted by atomic mass is 9.98. The normalized spacial score (nSPS) is 20.3. The third-order valence-electron chi connectivity index (χ3n) is 5.66. The number of aromatic nitrogens is 4. The van der Waals surface area contributed by atoms with Gasteiger partial charge in [0, 0.05) is 0 Å². The monoisotopic (exact) mass is 573 g/mol. The van der Waals surface area contributed by atoms with Crippen LogP contribution in [-0.2, 0) is 41.9 Å². The van der Waals surface area contributed by atoms with Crippen molar-refractivity contribution in [1.82, 2.24) is 19.5 Å². The van der Waals surface area contributed by atoms with Gasteiger partial charge in [0.2, 0.25) is 19.5 Å². The molecule has 0 bridgehead atoms. The van der Waals surface area contributed by atoms with Crippen LogP contribution < -0.4 is 11.3 Å². The van der Waals surface area contributed by atoms with Crippen molar-refractivity contribution in [2.24, 2.45) is 10.8 Å². The van der Waals surface area contributed by atoms with E-state index in [1.807, 2.05) is 0 Å². The Bertz CT molecular complexity index is 1280. The Balaban J connectivity index is 1.67. The van der Waals surface area contributed by atoms with Gasteiger partial charge < -0.3 is 19.9 Å². The number of nitrogens with two attached hydrogens (primary N) is 1. The summed E-state index contributed by atoms with van der Waals surface area (Å²) in [5, 5.41) is 0. The first kappa shape index (κ1) is 30.7. The number of nitrogen functional groups attached to an aromatic ring is 1. The van der Waals surface area contributed by atoms with Crippen LogP contribution in [0.3, 0.4) is 0 Å². The molecule has 2 unspecified atom stereocenters. The van der Waals surface area contributed by atoms with Crippen LogP contribution in [0, 0.1) is 10.8 Å². The summed E-state index contributed by atoms with van der Waals surface area (Å²) in [6.45, 7) is 9.90. The molecule has 1 aliphatic rings. The Morgan fingerprint density at radius 2 is 1.69 bits per heavy atom. The zero-order valence-corrected chi connectivity index (χ0v) is 24.0. The summed E-state index contributed by atoms with van der Waals surface area (Å²) < 4.78 is 47.0. The van der Waals surface area contributed by atoms with Gasteiger partial charge in [0.1, 0.15) is 6.23 Å². The van der Waals surface area contributed by atoms with Crippen molar-refractivity contribution >= 4 is 36.9 Å². The van der Waals surface area contributed by atoms with Gasteiger partial charge >= 0.3 is 19.8 Å². The summed E-state index contributed by atoms with van der Waals surface area (Å²) >= 11 is 0. The molecule has 16 heteroatoms. The van der Waals surface area contributed by atoms with E-state index in [1.165, 1.54) is 6.33 Å². The average molecular weight is 574 g/mol. The zero-order chi connectivity index (χ0) is 29.2. The van der Waals surface area contributed by atoms with Crippen molar-refractivity contribution in [3.63, 3.8) is 0 Å². The van der Waals surface area contributed by atoms with Gasteiger partial charge in [-0.25, -0.2) is 18.6 Å². The largest absolute Gasteiger partial charge is 0.480 e. The predicted octanol–water partition coefficient (Wildman–Crippen LogP) is 3.02. The van der Waals surface area contributed by atoms with Crippen LogP contribution in [-0.4, -0.2) is 57.3 Å². The third kappa shape index (κ3) is 7.85. The van der Waals surface area contributed by atoms with Gasteiger partial charge in [0.05, 0.1) is 29.4 Å². The number of aromatic amines is 1. The lowest BCUT2D eigenvalue weighted by molar-refractivity contribution is -0.164. The summed E-state index contributed by atoms with van der Waals surface area (Å²) in [4.78, 5) is 46.8. The number of esters is 2. The standard InChI is InChI=1S/C23H36N5O10P/c1-21(2,3)18(30)33-12-36-39(32,37-13-34-19(31)22(4,5)6)35-10-23(7)9-8-14(38-23)28-11-25-15-16(28)26-20(24)27-17(15)29/h11,14H,8-10,12-13H2,1-7H3,(H3,24,26,27,29). The molecule has 3 rings (SSSR count). The van der Waals surface area contributed by atoms with Crippen LogP contribution >= 0.6 is 7.82 Å². The molecule has 1 fully saturated rings. The molecule has 39 heavy (non-hydrogen) atoms. The van der Waals surface area contributed by atoms with E-state index < -0.39 is 61.6 Å². The molecule has 0 spiro atoms. The second-order valence-electron chi connectivity index (χ2n) is 11.4. The highest BCUT2D eigenvalue weighted by molar-refractivity contribution is 7.48. The third-order valence-corrected chi connectivity index (χ3v) is 6.94. The van der Waals surface area contributed by atoms with E-state index >= 15 is 0 Å². The fraction of sp³-hybridized carbons (Fsp3) is 0.696. The lowest BCUT2D eigenvalue weighted by Crippen LogP contribution is -2.31. The molecule has 3 heterocycles. The number of nitrogens with zero attached hydrogens (tertiary/aromatic N) is 3. The fourth-order valence-corrected chi connectivity index (χ4v) is 4.40. The SMILES string of the molecule is CC1(COP(=O)(OCOC(=O)C(C)(C)C)OCOC(=O)C(C)(C)C)CCC(n2cnc3c(=O)[nH]c(N)nc32)O1. The number of phosphoric acid groups is 1. The number of hydrogen-bond donors (Lipinski definition) is 2. The quantitative estimate of drug-likeness (QED) is 0.239. The topological polar surface area (TPSA) is 196 Å². The molecular weight excluding hydrogens is 537 g/mol. The second-order valence-corrected chi connectivity index (χ2v) is 13.1. The molecule has 1 aliphatic heterocycles. The molecule has 2 aromatic rings. The van der Waals surface area contributed by atoms with E-state index in [1.54, 1.807) is 53.0 Å². The van der Waals surface area contributed by atoms with Crippen LogP contribution in [0.15, 0.2) is 11.1 Å². The maximum Gasteiger partial charge on any atom is 0.480 e. The molecule has 0 radical (unpaired) electrons. The summed E-state index contributed by atoms with van der Waals surface area (Å²) in [6.07, 6.45) is 1.79. The first-order valence-electron chi connectivity index (χ1n) is 12.2. The highest BCUT2D eigenvalue weighted by atomic mass is 31.2. The minimum Gasteiger partial charge on any atom is -0.437 e. The Labute approximate surface area is 225 Å². The van der Waals surface area contributed by atoms with E-state index in [0.29, 0.717) is 12.8 Å². The van der Waals surface area contributed by atoms with E-state index in [4.69, 9.17) is 33.5 Å². The smallest absolute Gasteiger partial charge is 0.437 e. The van der Waals surface area contributed by atoms with Crippen LogP contribution in [0.5, 0.6) is 0 Å². The number of phosphoric ester groups is 1. The van der Waals surface area contributed by atoms with E-state index in [-0.39, 0.29) is 23.7 Å². The highest BCUT2D eigenvalue weighted by Gasteiger charge is 2.41. The number of rotatable bonds is 10. The molecule has 3 N–H and O–H groups in total. The second kappa shape index (κ2) is 11.3. The first-order chi connectivity index (χ1) is 17.9. The van der Waals surface area contributed by atoms with E-state index in [9.17, 15) is 18.9 Å². The molecule has 15 nitrogen and oxygen atoms in total. The highest BCUT2D eigenvalue weighted by Crippen LogP contribution is 2.51. The summed E-state index contributed by atoms with van der Waals surface area (Å²) in [6, 6.07) is 0. The van der Waals surface area contributed by atoms with Gasteiger partial charge in [0.25, 0.3) is 5.56 Å². The molecule has 218 valence electrons. The molecule has 0 aromatic carbocycles. The molecule has 0 amide bonds. The van der Waals surface area contributed by atoms with Gasteiger partial charge in [-0.1, -0.05) is 0 Å². The Morgan fingerprint density at radius 1 is 1.13 bits per heavy atom. The summed E-state index contributed by atoms with van der Waals surface area (Å²) in [5.74, 6) is -1.25. The van der Waals surface area contributed by atoms with Crippen molar-refractivity contribution in [2.75, 3.05) is 25.9 Å². The number of hydrogen-bond acceptors (Lipinski definition) is 13. The van der Waals surface area contributed by atoms with Crippen molar-refractivity contribution in [2.45, 2.75) is 73.1 Å². The van der Waals surface area contributed by atoms with Crippen molar-refractivity contribution in [3.8, 4) is 0 Å². The average Bonchev–Trinajstić information content (AvgIpc) is 3.40. The number of carbonyl (C=O) groups excluding carboxylic acids is 2. The number of nitrogens with one attached hydrogen (secondary N) is 1. The van der Waals surface area contributed by atoms with Crippen molar-refractivity contribution < 1.29 is 41.9 Å². The van der Waals surface area contributed by atoms with Gasteiger partial charge in [-0.05, 0) is 61.3 Å². The number of imidazole rings is 1. The number of fused-ring (bicyclic) bond motifs is 1. The minimum absolute atomic E-state index is 0.0621. The Morgan fingerprint density at radius 3 is 2.23 bits per heavy atom. The Hall–Kier alpha value is -2.84. The zero-order valence-electron chi connectivity index (χ0n) is 23.1. The van der Waals surface area contributed by atoms with E-state index in [2.05, 4.69) is 15.0 Å². The molecule has 1 saturated heterocycles. The molecular formula is C23H36N5O10P. The van der Waals surface area contributed by atoms with E-state index in [0.717, 1.165) is 0 Å². The Kier molecular flexibility index (Phi) is 8.92. The first-order valence-corrected chi connectivity index (χ1v) is 13.7.